The minimum atomic E-state index is 0.494. The molecule has 0 spiro atoms. The molecule has 0 radical (unpaired) electrons. The van der Waals surface area contributed by atoms with Crippen LogP contribution in [0.25, 0.3) is 33.3 Å². The zero-order chi connectivity index (χ0) is 22.2. The number of carbonyl (C=O) groups excluding carboxylic acids is 1. The minimum Gasteiger partial charge on any atom is -0.490 e. The van der Waals surface area contributed by atoms with Crippen LogP contribution in [0.5, 0.6) is 11.5 Å². The summed E-state index contributed by atoms with van der Waals surface area (Å²) >= 11 is 0. The first-order valence-corrected chi connectivity index (χ1v) is 11.8. The smallest absolute Gasteiger partial charge is 0.298 e. The van der Waals surface area contributed by atoms with E-state index in [-0.39, 0.29) is 0 Å². The quantitative estimate of drug-likeness (QED) is 0.349. The third-order valence-electron chi connectivity index (χ3n) is 7.08. The van der Waals surface area contributed by atoms with Gasteiger partial charge in [0.15, 0.2) is 0 Å². The first-order chi connectivity index (χ1) is 16.3. The van der Waals surface area contributed by atoms with Crippen molar-refractivity contribution in [1.29, 1.82) is 0 Å². The topological polar surface area (TPSA) is 53.4 Å². The van der Waals surface area contributed by atoms with Gasteiger partial charge in [0.25, 0.3) is 6.47 Å². The molecule has 4 aromatic rings. The Bertz CT molecular complexity index is 1320. The lowest BCUT2D eigenvalue weighted by molar-refractivity contribution is -0.120. The molecular formula is C28H26N2O3. The van der Waals surface area contributed by atoms with Crippen molar-refractivity contribution in [3.05, 3.63) is 66.5 Å². The van der Waals surface area contributed by atoms with Crippen LogP contribution in [0.1, 0.15) is 43.6 Å². The van der Waals surface area contributed by atoms with Gasteiger partial charge in [0.2, 0.25) is 0 Å². The fourth-order valence-corrected chi connectivity index (χ4v) is 5.68. The highest BCUT2D eigenvalue weighted by Crippen LogP contribution is 2.49. The van der Waals surface area contributed by atoms with Crippen molar-refractivity contribution >= 4 is 17.4 Å². The summed E-state index contributed by atoms with van der Waals surface area (Å²) in [5, 5.41) is 1.26. The van der Waals surface area contributed by atoms with Crippen LogP contribution >= 0.6 is 0 Å². The van der Waals surface area contributed by atoms with Crippen LogP contribution in [0.15, 0.2) is 60.9 Å². The summed E-state index contributed by atoms with van der Waals surface area (Å²) in [5.74, 6) is 2.01. The molecule has 0 saturated heterocycles. The van der Waals surface area contributed by atoms with Gasteiger partial charge in [-0.25, -0.2) is 0 Å². The molecule has 1 saturated carbocycles. The standard InChI is InChI=1S/C28H26N2O3/c31-18-33-21-11-12-23-25(16-21)30-14-15-32-28-22(20-8-5-13-29-17-20)9-4-10-24(28)27(30)26(23)19-6-2-1-3-7-19/h4-5,8-13,16-19H,1-3,6-7,14-15H2. The predicted octanol–water partition coefficient (Wildman–Crippen LogP) is 6.35. The maximum absolute atomic E-state index is 11.0. The van der Waals surface area contributed by atoms with E-state index >= 15 is 0 Å². The lowest BCUT2D eigenvalue weighted by Gasteiger charge is -2.24. The van der Waals surface area contributed by atoms with Crippen molar-refractivity contribution in [2.45, 2.75) is 44.6 Å². The van der Waals surface area contributed by atoms with Crippen molar-refractivity contribution < 1.29 is 14.3 Å². The van der Waals surface area contributed by atoms with Gasteiger partial charge in [-0.1, -0.05) is 37.5 Å². The molecule has 2 aromatic heterocycles. The number of ether oxygens (including phenoxy) is 2. The van der Waals surface area contributed by atoms with Crippen LogP contribution in [0.4, 0.5) is 0 Å². The van der Waals surface area contributed by atoms with E-state index in [1.807, 2.05) is 24.4 Å². The largest absolute Gasteiger partial charge is 0.490 e. The zero-order valence-corrected chi connectivity index (χ0v) is 18.5. The molecule has 5 heteroatoms. The molecule has 0 amide bonds. The first kappa shape index (κ1) is 20.0. The molecule has 0 N–H and O–H groups in total. The predicted molar refractivity (Wildman–Crippen MR) is 129 cm³/mol. The molecular weight excluding hydrogens is 412 g/mol. The molecule has 5 nitrogen and oxygen atoms in total. The van der Waals surface area contributed by atoms with Crippen molar-refractivity contribution in [3.8, 4) is 33.9 Å². The molecule has 1 fully saturated rings. The third kappa shape index (κ3) is 3.39. The third-order valence-corrected chi connectivity index (χ3v) is 7.08. The summed E-state index contributed by atoms with van der Waals surface area (Å²) in [6.07, 6.45) is 9.94. The van der Waals surface area contributed by atoms with Crippen LogP contribution in [0, 0.1) is 0 Å². The van der Waals surface area contributed by atoms with Gasteiger partial charge in [-0.15, -0.1) is 0 Å². The van der Waals surface area contributed by atoms with Crippen LogP contribution in [0.3, 0.4) is 0 Å². The average Bonchev–Trinajstić information content (AvgIpc) is 3.05. The van der Waals surface area contributed by atoms with Crippen LogP contribution in [-0.4, -0.2) is 22.6 Å². The fourth-order valence-electron chi connectivity index (χ4n) is 5.68. The molecule has 0 atom stereocenters. The van der Waals surface area contributed by atoms with Crippen LogP contribution in [0.2, 0.25) is 0 Å². The maximum Gasteiger partial charge on any atom is 0.298 e. The molecule has 1 aliphatic carbocycles. The van der Waals surface area contributed by atoms with Crippen LogP contribution < -0.4 is 9.47 Å². The molecule has 166 valence electrons. The monoisotopic (exact) mass is 438 g/mol. The second kappa shape index (κ2) is 8.39. The number of rotatable bonds is 4. The van der Waals surface area contributed by atoms with Crippen molar-refractivity contribution in [2.75, 3.05) is 6.61 Å². The van der Waals surface area contributed by atoms with Gasteiger partial charge in [0, 0.05) is 40.5 Å². The molecule has 2 aliphatic rings. The van der Waals surface area contributed by atoms with Crippen molar-refractivity contribution in [2.24, 2.45) is 0 Å². The Labute approximate surface area is 193 Å². The highest BCUT2D eigenvalue weighted by atomic mass is 16.5. The second-order valence-corrected chi connectivity index (χ2v) is 8.91. The highest BCUT2D eigenvalue weighted by molar-refractivity contribution is 5.96. The number of hydrogen-bond donors (Lipinski definition) is 0. The van der Waals surface area contributed by atoms with Crippen molar-refractivity contribution in [1.82, 2.24) is 9.55 Å². The number of nitrogens with zero attached hydrogens (tertiary/aromatic N) is 2. The van der Waals surface area contributed by atoms with E-state index in [0.29, 0.717) is 24.7 Å². The molecule has 6 rings (SSSR count). The van der Waals surface area contributed by atoms with E-state index in [2.05, 4.69) is 39.9 Å². The second-order valence-electron chi connectivity index (χ2n) is 8.91. The fraction of sp³-hybridized carbons (Fsp3) is 0.286. The molecule has 0 unspecified atom stereocenters. The first-order valence-electron chi connectivity index (χ1n) is 11.8. The highest BCUT2D eigenvalue weighted by Gasteiger charge is 2.30. The summed E-state index contributed by atoms with van der Waals surface area (Å²) in [6, 6.07) is 16.5. The molecule has 1 aliphatic heterocycles. The number of fused-ring (bicyclic) bond motifs is 5. The Morgan fingerprint density at radius 1 is 1.03 bits per heavy atom. The molecule has 33 heavy (non-hydrogen) atoms. The SMILES string of the molecule is O=COc1ccc2c(C3CCCCC3)c3n(c2c1)CCOc1c(-c2cccnc2)cccc1-3. The number of benzene rings is 2. The lowest BCUT2D eigenvalue weighted by Crippen LogP contribution is -2.07. The minimum absolute atomic E-state index is 0.494. The Balaban J connectivity index is 1.64. The van der Waals surface area contributed by atoms with E-state index in [1.165, 1.54) is 48.7 Å². The van der Waals surface area contributed by atoms with Gasteiger partial charge in [-0.05, 0) is 48.6 Å². The van der Waals surface area contributed by atoms with E-state index in [1.54, 1.807) is 6.20 Å². The van der Waals surface area contributed by atoms with Gasteiger partial charge in [0.05, 0.1) is 17.8 Å². The summed E-state index contributed by atoms with van der Waals surface area (Å²) < 4.78 is 14.0. The van der Waals surface area contributed by atoms with Gasteiger partial charge in [-0.3, -0.25) is 9.78 Å². The molecule has 0 bridgehead atoms. The Morgan fingerprint density at radius 3 is 2.73 bits per heavy atom. The number of hydrogen-bond acceptors (Lipinski definition) is 4. The molecule has 3 heterocycles. The van der Waals surface area contributed by atoms with Crippen LogP contribution in [-0.2, 0) is 11.3 Å². The number of carbonyl (C=O) groups is 1. The Hall–Kier alpha value is -3.60. The van der Waals surface area contributed by atoms with Crippen molar-refractivity contribution in [3.63, 3.8) is 0 Å². The Morgan fingerprint density at radius 2 is 1.91 bits per heavy atom. The molecule has 2 aromatic carbocycles. The van der Waals surface area contributed by atoms with Gasteiger partial charge in [0.1, 0.15) is 18.1 Å². The number of aromatic nitrogens is 2. The van der Waals surface area contributed by atoms with Gasteiger partial charge < -0.3 is 14.0 Å². The summed E-state index contributed by atoms with van der Waals surface area (Å²) in [6.45, 7) is 1.81. The normalized spacial score (nSPS) is 15.9. The Kier molecular flexibility index (Phi) is 5.10. The van der Waals surface area contributed by atoms with Gasteiger partial charge in [-0.2, -0.15) is 0 Å². The van der Waals surface area contributed by atoms with E-state index in [4.69, 9.17) is 9.47 Å². The average molecular weight is 439 g/mol. The van der Waals surface area contributed by atoms with E-state index < -0.39 is 0 Å². The van der Waals surface area contributed by atoms with E-state index in [9.17, 15) is 4.79 Å². The van der Waals surface area contributed by atoms with E-state index in [0.717, 1.165) is 34.5 Å². The summed E-state index contributed by atoms with van der Waals surface area (Å²) in [7, 11) is 0. The zero-order valence-electron chi connectivity index (χ0n) is 18.5. The maximum atomic E-state index is 11.0. The lowest BCUT2D eigenvalue weighted by atomic mass is 9.81. The number of para-hydroxylation sites is 1. The summed E-state index contributed by atoms with van der Waals surface area (Å²) in [5.41, 5.74) is 7.02. The summed E-state index contributed by atoms with van der Waals surface area (Å²) in [4.78, 5) is 15.3. The van der Waals surface area contributed by atoms with Gasteiger partial charge >= 0.3 is 0 Å². The number of pyridine rings is 1.